The van der Waals surface area contributed by atoms with Crippen LogP contribution in [-0.4, -0.2) is 62.7 Å². The van der Waals surface area contributed by atoms with Crippen LogP contribution < -0.4 is 0 Å². The van der Waals surface area contributed by atoms with Gasteiger partial charge in [-0.25, -0.2) is 9.97 Å². The number of ether oxygens (including phenoxy) is 2. The summed E-state index contributed by atoms with van der Waals surface area (Å²) in [6.07, 6.45) is 1.64. The van der Waals surface area contributed by atoms with Crippen molar-refractivity contribution < 1.29 is 22.1 Å². The first kappa shape index (κ1) is 30.6. The highest BCUT2D eigenvalue weighted by molar-refractivity contribution is 9.15. The van der Waals surface area contributed by atoms with Crippen LogP contribution in [0.25, 0.3) is 14.8 Å². The first-order chi connectivity index (χ1) is 16.4. The first-order valence-corrected chi connectivity index (χ1v) is 15.8. The number of hydrogen-bond donors (Lipinski definition) is 0. The predicted octanol–water partition coefficient (Wildman–Crippen LogP) is 6.20. The van der Waals surface area contributed by atoms with E-state index in [0.29, 0.717) is 12.6 Å². The average Bonchev–Trinajstić information content (AvgIpc) is 3.50. The summed E-state index contributed by atoms with van der Waals surface area (Å²) >= 11 is 10.5. The van der Waals surface area contributed by atoms with Gasteiger partial charge < -0.3 is 14.0 Å². The molecule has 0 fully saturated rings. The van der Waals surface area contributed by atoms with E-state index in [1.165, 1.54) is 38.1 Å². The maximum atomic E-state index is 10.4. The van der Waals surface area contributed by atoms with Crippen molar-refractivity contribution in [2.24, 2.45) is 0 Å². The SMILES string of the molecule is CC1=C(Br)c2scnc2C1.COCC(C)OS(C)(=O)=O.COCC(C)n1c(C)c(Br)c2scnc21. The second kappa shape index (κ2) is 13.8. The molecule has 0 spiro atoms. The molecular weight excluding hydrogens is 642 g/mol. The molecule has 4 rings (SSSR count). The van der Waals surface area contributed by atoms with Gasteiger partial charge in [-0.05, 0) is 59.6 Å². The van der Waals surface area contributed by atoms with Gasteiger partial charge in [0.2, 0.25) is 0 Å². The summed E-state index contributed by atoms with van der Waals surface area (Å²) in [6, 6.07) is 0.311. The number of aromatic nitrogens is 3. The number of halogens is 2. The van der Waals surface area contributed by atoms with Crippen LogP contribution in [-0.2, 0) is 30.2 Å². The summed E-state index contributed by atoms with van der Waals surface area (Å²) in [5, 5.41) is 0. The van der Waals surface area contributed by atoms with Crippen LogP contribution in [0.2, 0.25) is 0 Å². The molecule has 196 valence electrons. The summed E-state index contributed by atoms with van der Waals surface area (Å²) in [6.45, 7) is 9.00. The molecule has 0 aliphatic heterocycles. The normalized spacial score (nSPS) is 14.8. The average molecular weight is 674 g/mol. The van der Waals surface area contributed by atoms with E-state index in [1.54, 1.807) is 36.7 Å². The molecule has 1 aliphatic rings. The Morgan fingerprint density at radius 2 is 1.71 bits per heavy atom. The molecule has 0 radical (unpaired) electrons. The van der Waals surface area contributed by atoms with Crippen molar-refractivity contribution in [2.75, 3.05) is 33.7 Å². The minimum Gasteiger partial charge on any atom is -0.383 e. The van der Waals surface area contributed by atoms with E-state index in [-0.39, 0.29) is 6.61 Å². The molecular formula is C22H31Br2N3O5S3. The molecule has 3 aromatic rings. The number of rotatable bonds is 7. The zero-order chi connectivity index (χ0) is 26.3. The summed E-state index contributed by atoms with van der Waals surface area (Å²) in [7, 11) is -0.112. The predicted molar refractivity (Wildman–Crippen MR) is 151 cm³/mol. The molecule has 3 aromatic heterocycles. The third kappa shape index (κ3) is 8.42. The first-order valence-electron chi connectivity index (χ1n) is 10.6. The van der Waals surface area contributed by atoms with Crippen LogP contribution in [0.1, 0.15) is 43.1 Å². The van der Waals surface area contributed by atoms with E-state index in [9.17, 15) is 8.42 Å². The van der Waals surface area contributed by atoms with Crippen molar-refractivity contribution in [3.63, 3.8) is 0 Å². The topological polar surface area (TPSA) is 92.5 Å². The molecule has 0 amide bonds. The van der Waals surface area contributed by atoms with E-state index < -0.39 is 16.2 Å². The van der Waals surface area contributed by atoms with Gasteiger partial charge in [0.25, 0.3) is 10.1 Å². The molecule has 1 aliphatic carbocycles. The van der Waals surface area contributed by atoms with Gasteiger partial charge in [0.05, 0.1) is 62.4 Å². The van der Waals surface area contributed by atoms with Gasteiger partial charge in [-0.2, -0.15) is 8.42 Å². The summed E-state index contributed by atoms with van der Waals surface area (Å²) < 4.78 is 41.1. The third-order valence-electron chi connectivity index (χ3n) is 4.89. The van der Waals surface area contributed by atoms with Crippen molar-refractivity contribution in [3.8, 4) is 0 Å². The van der Waals surface area contributed by atoms with Gasteiger partial charge in [-0.15, -0.1) is 22.7 Å². The summed E-state index contributed by atoms with van der Waals surface area (Å²) in [4.78, 5) is 9.96. The minimum atomic E-state index is -3.33. The van der Waals surface area contributed by atoms with E-state index in [2.05, 4.69) is 76.1 Å². The zero-order valence-electron chi connectivity index (χ0n) is 20.8. The molecule has 2 unspecified atom stereocenters. The van der Waals surface area contributed by atoms with Gasteiger partial charge in [0.15, 0.2) is 5.65 Å². The van der Waals surface area contributed by atoms with Crippen molar-refractivity contribution >= 4 is 79.5 Å². The van der Waals surface area contributed by atoms with E-state index in [1.807, 2.05) is 11.0 Å². The minimum absolute atomic E-state index is 0.285. The lowest BCUT2D eigenvalue weighted by Crippen LogP contribution is -2.18. The maximum absolute atomic E-state index is 10.4. The smallest absolute Gasteiger partial charge is 0.264 e. The molecule has 0 N–H and O–H groups in total. The van der Waals surface area contributed by atoms with Crippen molar-refractivity contribution in [2.45, 2.75) is 46.3 Å². The van der Waals surface area contributed by atoms with Crippen LogP contribution in [0.3, 0.4) is 0 Å². The van der Waals surface area contributed by atoms with Gasteiger partial charge in [0.1, 0.15) is 0 Å². The largest absolute Gasteiger partial charge is 0.383 e. The Morgan fingerprint density at radius 3 is 2.29 bits per heavy atom. The van der Waals surface area contributed by atoms with Crippen molar-refractivity contribution in [3.05, 3.63) is 37.3 Å². The number of allylic oxidation sites excluding steroid dienone is 1. The fourth-order valence-electron chi connectivity index (χ4n) is 3.50. The number of hydrogen-bond acceptors (Lipinski definition) is 9. The fourth-order valence-corrected chi connectivity index (χ4v) is 7.04. The lowest BCUT2D eigenvalue weighted by atomic mass is 10.3. The lowest BCUT2D eigenvalue weighted by Gasteiger charge is -2.15. The highest BCUT2D eigenvalue weighted by Gasteiger charge is 2.19. The van der Waals surface area contributed by atoms with Crippen molar-refractivity contribution in [1.29, 1.82) is 0 Å². The second-order valence-corrected chi connectivity index (χ2v) is 12.9. The molecule has 0 saturated heterocycles. The third-order valence-corrected chi connectivity index (χ3v) is 9.86. The molecule has 2 atom stereocenters. The van der Waals surface area contributed by atoms with E-state index in [4.69, 9.17) is 4.74 Å². The molecule has 13 heteroatoms. The Morgan fingerprint density at radius 1 is 1.09 bits per heavy atom. The van der Waals surface area contributed by atoms with E-state index >= 15 is 0 Å². The highest BCUT2D eigenvalue weighted by atomic mass is 79.9. The number of nitrogens with zero attached hydrogens (tertiary/aromatic N) is 3. The zero-order valence-corrected chi connectivity index (χ0v) is 26.4. The standard InChI is InChI=1S/C10H13BrN2OS.C7H6BrNS.C5H12O4S/c1-6(4-14-3)13-7(2)8(11)9-10(13)12-5-15-9;1-4-2-5-7(6(4)8)10-3-9-5;1-5(4-8-2)9-10(3,6)7/h5-6H,4H2,1-3H3;3H,2H2,1H3;5H,4H2,1-3H3. The molecule has 8 nitrogen and oxygen atoms in total. The molecule has 0 aromatic carbocycles. The molecule has 3 heterocycles. The molecule has 0 bridgehead atoms. The van der Waals surface area contributed by atoms with Crippen LogP contribution in [0, 0.1) is 6.92 Å². The second-order valence-electron chi connectivity index (χ2n) is 8.04. The Hall–Kier alpha value is -0.670. The quantitative estimate of drug-likeness (QED) is 0.276. The molecule has 0 saturated carbocycles. The maximum Gasteiger partial charge on any atom is 0.264 e. The Kier molecular flexibility index (Phi) is 12.0. The van der Waals surface area contributed by atoms with Crippen LogP contribution in [0.15, 0.2) is 21.1 Å². The Bertz CT molecular complexity index is 1250. The van der Waals surface area contributed by atoms with E-state index in [0.717, 1.165) is 22.8 Å². The lowest BCUT2D eigenvalue weighted by molar-refractivity contribution is 0.0969. The summed E-state index contributed by atoms with van der Waals surface area (Å²) in [5.74, 6) is 0. The Balaban J connectivity index is 0.000000192. The van der Waals surface area contributed by atoms with Gasteiger partial charge in [0, 0.05) is 30.8 Å². The van der Waals surface area contributed by atoms with Crippen LogP contribution >= 0.6 is 54.5 Å². The number of fused-ring (bicyclic) bond motifs is 2. The van der Waals surface area contributed by atoms with Crippen LogP contribution in [0.4, 0.5) is 0 Å². The Labute approximate surface area is 232 Å². The highest BCUT2D eigenvalue weighted by Crippen LogP contribution is 2.38. The molecule has 35 heavy (non-hydrogen) atoms. The fraction of sp³-hybridized carbons (Fsp3) is 0.545. The van der Waals surface area contributed by atoms with Gasteiger partial charge in [-0.3, -0.25) is 4.18 Å². The van der Waals surface area contributed by atoms with Gasteiger partial charge >= 0.3 is 0 Å². The van der Waals surface area contributed by atoms with Crippen molar-refractivity contribution in [1.82, 2.24) is 14.5 Å². The number of methoxy groups -OCH3 is 2. The van der Waals surface area contributed by atoms with Crippen LogP contribution in [0.5, 0.6) is 0 Å². The summed E-state index contributed by atoms with van der Waals surface area (Å²) in [5.41, 5.74) is 8.68. The van der Waals surface area contributed by atoms with Gasteiger partial charge in [-0.1, -0.05) is 5.57 Å². The number of thiazole rings is 2. The monoisotopic (exact) mass is 671 g/mol.